The number of fused-ring (bicyclic) bond motifs is 1. The Hall–Kier alpha value is -2.54. The summed E-state index contributed by atoms with van der Waals surface area (Å²) in [5.74, 6) is 0.738. The molecule has 6 nitrogen and oxygen atoms in total. The molecule has 1 fully saturated rings. The maximum absolute atomic E-state index is 13.2. The molecule has 0 radical (unpaired) electrons. The van der Waals surface area contributed by atoms with Crippen molar-refractivity contribution in [3.05, 3.63) is 58.6 Å². The molecule has 3 amide bonds. The average molecular weight is 472 g/mol. The Morgan fingerprint density at radius 3 is 2.57 bits per heavy atom. The first-order chi connectivity index (χ1) is 14.5. The molecule has 2 aliphatic heterocycles. The number of anilines is 1. The predicted molar refractivity (Wildman–Crippen MR) is 120 cm³/mol. The molecule has 30 heavy (non-hydrogen) atoms. The number of nitrogens with zero attached hydrogens (tertiary/aromatic N) is 2. The summed E-state index contributed by atoms with van der Waals surface area (Å²) in [6, 6.07) is 15.5. The van der Waals surface area contributed by atoms with E-state index in [4.69, 9.17) is 4.74 Å². The minimum atomic E-state index is -0.0626. The van der Waals surface area contributed by atoms with Crippen LogP contribution in [0, 0.1) is 5.92 Å². The van der Waals surface area contributed by atoms with E-state index in [0.717, 1.165) is 21.5 Å². The van der Waals surface area contributed by atoms with E-state index in [0.29, 0.717) is 39.0 Å². The van der Waals surface area contributed by atoms with Crippen LogP contribution in [-0.2, 0) is 11.3 Å². The summed E-state index contributed by atoms with van der Waals surface area (Å²) in [5, 5.41) is 3.04. The third-order valence-corrected chi connectivity index (χ3v) is 6.48. The number of amides is 3. The fourth-order valence-corrected chi connectivity index (χ4v) is 4.47. The SMILES string of the molecule is C[C@H]1CN(C(=O)N2CCC(C(=O)NCc3ccccc3Br)CC2)c2ccccc2O1. The molecule has 0 saturated carbocycles. The van der Waals surface area contributed by atoms with Gasteiger partial charge in [0.15, 0.2) is 0 Å². The molecule has 4 rings (SSSR count). The van der Waals surface area contributed by atoms with Gasteiger partial charge < -0.3 is 15.0 Å². The smallest absolute Gasteiger partial charge is 0.324 e. The Morgan fingerprint density at radius 1 is 1.10 bits per heavy atom. The molecule has 0 spiro atoms. The van der Waals surface area contributed by atoms with Gasteiger partial charge in [0, 0.05) is 30.0 Å². The van der Waals surface area contributed by atoms with Crippen LogP contribution < -0.4 is 15.0 Å². The molecule has 1 atom stereocenters. The van der Waals surface area contributed by atoms with Crippen molar-refractivity contribution in [1.29, 1.82) is 0 Å². The van der Waals surface area contributed by atoms with Crippen LogP contribution in [0.5, 0.6) is 5.75 Å². The van der Waals surface area contributed by atoms with Crippen molar-refractivity contribution in [3.8, 4) is 5.75 Å². The third-order valence-electron chi connectivity index (χ3n) is 5.70. The molecule has 1 N–H and O–H groups in total. The van der Waals surface area contributed by atoms with E-state index < -0.39 is 0 Å². The topological polar surface area (TPSA) is 61.9 Å². The van der Waals surface area contributed by atoms with Gasteiger partial charge in [-0.15, -0.1) is 0 Å². The van der Waals surface area contributed by atoms with Gasteiger partial charge in [-0.3, -0.25) is 9.69 Å². The lowest BCUT2D eigenvalue weighted by molar-refractivity contribution is -0.126. The van der Waals surface area contributed by atoms with E-state index >= 15 is 0 Å². The first-order valence-corrected chi connectivity index (χ1v) is 11.2. The Balaban J connectivity index is 1.33. The van der Waals surface area contributed by atoms with Crippen molar-refractivity contribution in [3.63, 3.8) is 0 Å². The molecule has 0 aromatic heterocycles. The number of hydrogen-bond donors (Lipinski definition) is 1. The van der Waals surface area contributed by atoms with Crippen molar-refractivity contribution >= 4 is 33.6 Å². The van der Waals surface area contributed by atoms with Crippen LogP contribution >= 0.6 is 15.9 Å². The highest BCUT2D eigenvalue weighted by molar-refractivity contribution is 9.10. The van der Waals surface area contributed by atoms with E-state index in [1.807, 2.05) is 60.4 Å². The summed E-state index contributed by atoms with van der Waals surface area (Å²) in [6.07, 6.45) is 1.30. The molecule has 2 aromatic carbocycles. The second-order valence-corrected chi connectivity index (χ2v) is 8.71. The minimum absolute atomic E-state index is 0.00956. The summed E-state index contributed by atoms with van der Waals surface area (Å²) in [4.78, 5) is 29.4. The largest absolute Gasteiger partial charge is 0.487 e. The molecule has 2 heterocycles. The first-order valence-electron chi connectivity index (χ1n) is 10.4. The van der Waals surface area contributed by atoms with Crippen molar-refractivity contribution in [2.24, 2.45) is 5.92 Å². The van der Waals surface area contributed by atoms with E-state index in [2.05, 4.69) is 21.2 Å². The van der Waals surface area contributed by atoms with Crippen molar-refractivity contribution in [1.82, 2.24) is 10.2 Å². The van der Waals surface area contributed by atoms with E-state index in [1.165, 1.54) is 0 Å². The number of benzene rings is 2. The van der Waals surface area contributed by atoms with Gasteiger partial charge in [0.1, 0.15) is 11.9 Å². The summed E-state index contributed by atoms with van der Waals surface area (Å²) < 4.78 is 6.84. The van der Waals surface area contributed by atoms with Gasteiger partial charge in [-0.2, -0.15) is 0 Å². The second kappa shape index (κ2) is 9.08. The van der Waals surface area contributed by atoms with Gasteiger partial charge in [-0.1, -0.05) is 46.3 Å². The monoisotopic (exact) mass is 471 g/mol. The molecule has 7 heteroatoms. The Bertz CT molecular complexity index is 927. The number of likely N-dealkylation sites (tertiary alicyclic amines) is 1. The fourth-order valence-electron chi connectivity index (χ4n) is 4.04. The minimum Gasteiger partial charge on any atom is -0.487 e. The maximum atomic E-state index is 13.2. The van der Waals surface area contributed by atoms with Crippen LogP contribution in [0.15, 0.2) is 53.0 Å². The number of para-hydroxylation sites is 2. The highest BCUT2D eigenvalue weighted by atomic mass is 79.9. The van der Waals surface area contributed by atoms with Crippen LogP contribution in [0.2, 0.25) is 0 Å². The van der Waals surface area contributed by atoms with Crippen molar-refractivity contribution in [2.75, 3.05) is 24.5 Å². The standard InChI is InChI=1S/C23H26BrN3O3/c1-16-15-27(20-8-4-5-9-21(20)30-16)23(29)26-12-10-17(11-13-26)22(28)25-14-18-6-2-3-7-19(18)24/h2-9,16-17H,10-15H2,1H3,(H,25,28)/t16-/m0/s1. The zero-order valence-corrected chi connectivity index (χ0v) is 18.6. The Morgan fingerprint density at radius 2 is 1.80 bits per heavy atom. The summed E-state index contributed by atoms with van der Waals surface area (Å²) >= 11 is 3.51. The number of carbonyl (C=O) groups excluding carboxylic acids is 2. The molecule has 0 unspecified atom stereocenters. The number of rotatable bonds is 3. The Labute approximate surface area is 185 Å². The number of piperidine rings is 1. The van der Waals surface area contributed by atoms with Crippen LogP contribution in [0.1, 0.15) is 25.3 Å². The zero-order chi connectivity index (χ0) is 21.1. The van der Waals surface area contributed by atoms with Gasteiger partial charge in [-0.25, -0.2) is 4.79 Å². The molecule has 158 valence electrons. The predicted octanol–water partition coefficient (Wildman–Crippen LogP) is 4.18. The molecule has 0 bridgehead atoms. The lowest BCUT2D eigenvalue weighted by Crippen LogP contribution is -2.52. The molecule has 2 aromatic rings. The first kappa shape index (κ1) is 20.7. The lowest BCUT2D eigenvalue weighted by atomic mass is 9.96. The fraction of sp³-hybridized carbons (Fsp3) is 0.391. The van der Waals surface area contributed by atoms with Crippen LogP contribution in [0.4, 0.5) is 10.5 Å². The third kappa shape index (κ3) is 4.46. The molecule has 0 aliphatic carbocycles. The number of hydrogen-bond acceptors (Lipinski definition) is 3. The van der Waals surface area contributed by atoms with Gasteiger partial charge in [-0.05, 0) is 43.5 Å². The quantitative estimate of drug-likeness (QED) is 0.729. The van der Waals surface area contributed by atoms with E-state index in [1.54, 1.807) is 4.90 Å². The highest BCUT2D eigenvalue weighted by Gasteiger charge is 2.33. The lowest BCUT2D eigenvalue weighted by Gasteiger charge is -2.39. The normalized spacial score (nSPS) is 19.1. The molecule has 2 aliphatic rings. The number of ether oxygens (including phenoxy) is 1. The van der Waals surface area contributed by atoms with Gasteiger partial charge in [0.05, 0.1) is 12.2 Å². The second-order valence-electron chi connectivity index (χ2n) is 7.86. The van der Waals surface area contributed by atoms with E-state index in [9.17, 15) is 9.59 Å². The highest BCUT2D eigenvalue weighted by Crippen LogP contribution is 2.34. The zero-order valence-electron chi connectivity index (χ0n) is 17.0. The summed E-state index contributed by atoms with van der Waals surface area (Å²) in [5.41, 5.74) is 1.87. The number of carbonyl (C=O) groups is 2. The van der Waals surface area contributed by atoms with E-state index in [-0.39, 0.29) is 24.0 Å². The number of halogens is 1. The Kier molecular flexibility index (Phi) is 6.27. The van der Waals surface area contributed by atoms with Gasteiger partial charge >= 0.3 is 6.03 Å². The van der Waals surface area contributed by atoms with Crippen molar-refractivity contribution < 1.29 is 14.3 Å². The van der Waals surface area contributed by atoms with Gasteiger partial charge in [0.2, 0.25) is 5.91 Å². The average Bonchev–Trinajstić information content (AvgIpc) is 2.77. The maximum Gasteiger partial charge on any atom is 0.324 e. The van der Waals surface area contributed by atoms with Crippen LogP contribution in [0.3, 0.4) is 0 Å². The number of nitrogens with one attached hydrogen (secondary N) is 1. The summed E-state index contributed by atoms with van der Waals surface area (Å²) in [6.45, 7) is 4.17. The summed E-state index contributed by atoms with van der Waals surface area (Å²) in [7, 11) is 0. The molecular weight excluding hydrogens is 446 g/mol. The molecule has 1 saturated heterocycles. The van der Waals surface area contributed by atoms with Crippen LogP contribution in [-0.4, -0.2) is 42.6 Å². The van der Waals surface area contributed by atoms with Crippen LogP contribution in [0.25, 0.3) is 0 Å². The van der Waals surface area contributed by atoms with Crippen molar-refractivity contribution in [2.45, 2.75) is 32.4 Å². The van der Waals surface area contributed by atoms with Gasteiger partial charge in [0.25, 0.3) is 0 Å². The molecular formula is C23H26BrN3O3. The number of urea groups is 1.